The van der Waals surface area contributed by atoms with Gasteiger partial charge in [-0.25, -0.2) is 4.79 Å². The number of anilines is 1. The third-order valence-electron chi connectivity index (χ3n) is 2.36. The molecular weight excluding hydrogens is 246 g/mol. The van der Waals surface area contributed by atoms with Crippen LogP contribution in [0.2, 0.25) is 0 Å². The number of aromatic nitrogens is 2. The summed E-state index contributed by atoms with van der Waals surface area (Å²) < 4.78 is 4.55. The van der Waals surface area contributed by atoms with Gasteiger partial charge < -0.3 is 10.1 Å². The molecule has 0 unspecified atom stereocenters. The zero-order valence-electron chi connectivity index (χ0n) is 10.2. The standard InChI is InChI=1S/C13H11N3O3/c1-19-13(18)9-2-3-11(15-8-9)12(17)16-10-4-6-14-7-5-10/h2-8H,1H3,(H,14,16,17). The van der Waals surface area contributed by atoms with Gasteiger partial charge >= 0.3 is 5.97 Å². The molecule has 1 N–H and O–H groups in total. The SMILES string of the molecule is COC(=O)c1ccc(C(=O)Nc2ccncc2)nc1. The Labute approximate surface area is 109 Å². The van der Waals surface area contributed by atoms with E-state index >= 15 is 0 Å². The molecule has 0 aliphatic heterocycles. The minimum Gasteiger partial charge on any atom is -0.465 e. The first kappa shape index (κ1) is 12.7. The first-order valence-corrected chi connectivity index (χ1v) is 5.46. The molecule has 6 nitrogen and oxygen atoms in total. The Kier molecular flexibility index (Phi) is 3.82. The first-order chi connectivity index (χ1) is 9.20. The molecule has 0 saturated carbocycles. The van der Waals surface area contributed by atoms with Crippen LogP contribution in [-0.2, 0) is 4.74 Å². The molecule has 6 heteroatoms. The van der Waals surface area contributed by atoms with Crippen molar-refractivity contribution in [1.82, 2.24) is 9.97 Å². The molecule has 2 rings (SSSR count). The summed E-state index contributed by atoms with van der Waals surface area (Å²) in [6.07, 6.45) is 4.44. The number of hydrogen-bond donors (Lipinski definition) is 1. The van der Waals surface area contributed by atoms with E-state index < -0.39 is 5.97 Å². The van der Waals surface area contributed by atoms with Crippen molar-refractivity contribution in [2.75, 3.05) is 12.4 Å². The van der Waals surface area contributed by atoms with Gasteiger partial charge in [-0.3, -0.25) is 14.8 Å². The van der Waals surface area contributed by atoms with Crippen LogP contribution in [0.25, 0.3) is 0 Å². The van der Waals surface area contributed by atoms with Crippen LogP contribution in [0.4, 0.5) is 5.69 Å². The molecule has 0 bridgehead atoms. The second-order valence-corrected chi connectivity index (χ2v) is 3.61. The van der Waals surface area contributed by atoms with Gasteiger partial charge in [-0.05, 0) is 24.3 Å². The van der Waals surface area contributed by atoms with Gasteiger partial charge in [0, 0.05) is 24.3 Å². The third-order valence-corrected chi connectivity index (χ3v) is 2.36. The molecule has 1 amide bonds. The summed E-state index contributed by atoms with van der Waals surface area (Å²) in [5.74, 6) is -0.851. The largest absolute Gasteiger partial charge is 0.465 e. The maximum atomic E-state index is 11.9. The summed E-state index contributed by atoms with van der Waals surface area (Å²) in [5, 5.41) is 2.66. The predicted molar refractivity (Wildman–Crippen MR) is 67.8 cm³/mol. The average Bonchev–Trinajstić information content (AvgIpc) is 2.47. The maximum absolute atomic E-state index is 11.9. The fourth-order valence-corrected chi connectivity index (χ4v) is 1.40. The van der Waals surface area contributed by atoms with Gasteiger partial charge in [-0.15, -0.1) is 0 Å². The monoisotopic (exact) mass is 257 g/mol. The normalized spacial score (nSPS) is 9.74. The Morgan fingerprint density at radius 2 is 1.89 bits per heavy atom. The first-order valence-electron chi connectivity index (χ1n) is 5.46. The molecule has 0 fully saturated rings. The lowest BCUT2D eigenvalue weighted by Crippen LogP contribution is -2.14. The van der Waals surface area contributed by atoms with Crippen molar-refractivity contribution in [1.29, 1.82) is 0 Å². The number of pyridine rings is 2. The number of methoxy groups -OCH3 is 1. The van der Waals surface area contributed by atoms with E-state index in [1.54, 1.807) is 24.5 Å². The quantitative estimate of drug-likeness (QED) is 0.843. The van der Waals surface area contributed by atoms with Crippen molar-refractivity contribution in [2.45, 2.75) is 0 Å². The van der Waals surface area contributed by atoms with Gasteiger partial charge in [0.05, 0.1) is 12.7 Å². The van der Waals surface area contributed by atoms with E-state index in [9.17, 15) is 9.59 Å². The molecule has 96 valence electrons. The highest BCUT2D eigenvalue weighted by atomic mass is 16.5. The van der Waals surface area contributed by atoms with Crippen LogP contribution in [0.1, 0.15) is 20.8 Å². The number of carbonyl (C=O) groups is 2. The molecule has 0 atom stereocenters. The van der Waals surface area contributed by atoms with Crippen molar-refractivity contribution in [2.24, 2.45) is 0 Å². The van der Waals surface area contributed by atoms with Crippen LogP contribution in [0.5, 0.6) is 0 Å². The third kappa shape index (κ3) is 3.12. The molecule has 0 aliphatic rings. The van der Waals surface area contributed by atoms with E-state index in [1.165, 1.54) is 25.4 Å². The molecule has 0 saturated heterocycles. The zero-order valence-corrected chi connectivity index (χ0v) is 10.2. The minimum atomic E-state index is -0.492. The molecule has 2 aromatic heterocycles. The van der Waals surface area contributed by atoms with E-state index in [2.05, 4.69) is 20.0 Å². The smallest absolute Gasteiger partial charge is 0.339 e. The van der Waals surface area contributed by atoms with Crippen molar-refractivity contribution in [3.05, 3.63) is 54.1 Å². The molecule has 0 aromatic carbocycles. The van der Waals surface area contributed by atoms with E-state index in [0.717, 1.165) is 0 Å². The second-order valence-electron chi connectivity index (χ2n) is 3.61. The lowest BCUT2D eigenvalue weighted by molar-refractivity contribution is 0.0600. The Bertz CT molecular complexity index is 582. The highest BCUT2D eigenvalue weighted by Crippen LogP contribution is 2.07. The zero-order chi connectivity index (χ0) is 13.7. The summed E-state index contributed by atoms with van der Waals surface area (Å²) in [5.41, 5.74) is 1.13. The van der Waals surface area contributed by atoms with Gasteiger partial charge in [-0.2, -0.15) is 0 Å². The number of hydrogen-bond acceptors (Lipinski definition) is 5. The van der Waals surface area contributed by atoms with Crippen molar-refractivity contribution < 1.29 is 14.3 Å². The van der Waals surface area contributed by atoms with E-state index in [0.29, 0.717) is 11.3 Å². The second kappa shape index (κ2) is 5.72. The number of nitrogens with zero attached hydrogens (tertiary/aromatic N) is 2. The van der Waals surface area contributed by atoms with E-state index in [1.807, 2.05) is 0 Å². The van der Waals surface area contributed by atoms with Crippen LogP contribution >= 0.6 is 0 Å². The summed E-state index contributed by atoms with van der Waals surface area (Å²) in [4.78, 5) is 30.8. The lowest BCUT2D eigenvalue weighted by Gasteiger charge is -2.04. The van der Waals surface area contributed by atoms with Gasteiger partial charge in [0.2, 0.25) is 0 Å². The molecule has 0 spiro atoms. The number of esters is 1. The van der Waals surface area contributed by atoms with E-state index in [-0.39, 0.29) is 11.6 Å². The molecular formula is C13H11N3O3. The lowest BCUT2D eigenvalue weighted by atomic mass is 10.2. The van der Waals surface area contributed by atoms with Gasteiger partial charge in [0.15, 0.2) is 0 Å². The Hall–Kier alpha value is -2.76. The van der Waals surface area contributed by atoms with Crippen molar-refractivity contribution >= 4 is 17.6 Å². The van der Waals surface area contributed by atoms with Gasteiger partial charge in [-0.1, -0.05) is 0 Å². The number of carbonyl (C=O) groups excluding carboxylic acids is 2. The topological polar surface area (TPSA) is 81.2 Å². The maximum Gasteiger partial charge on any atom is 0.339 e. The Morgan fingerprint density at radius 3 is 2.47 bits per heavy atom. The summed E-state index contributed by atoms with van der Waals surface area (Å²) >= 11 is 0. The number of ether oxygens (including phenoxy) is 1. The summed E-state index contributed by atoms with van der Waals surface area (Å²) in [6.45, 7) is 0. The molecule has 0 radical (unpaired) electrons. The minimum absolute atomic E-state index is 0.212. The average molecular weight is 257 g/mol. The highest BCUT2D eigenvalue weighted by Gasteiger charge is 2.10. The van der Waals surface area contributed by atoms with E-state index in [4.69, 9.17) is 0 Å². The van der Waals surface area contributed by atoms with Crippen molar-refractivity contribution in [3.63, 3.8) is 0 Å². The molecule has 19 heavy (non-hydrogen) atoms. The molecule has 2 heterocycles. The predicted octanol–water partition coefficient (Wildman–Crippen LogP) is 1.52. The Morgan fingerprint density at radius 1 is 1.16 bits per heavy atom. The molecule has 0 aliphatic carbocycles. The number of rotatable bonds is 3. The van der Waals surface area contributed by atoms with Crippen LogP contribution in [0, 0.1) is 0 Å². The Balaban J connectivity index is 2.10. The van der Waals surface area contributed by atoms with Crippen molar-refractivity contribution in [3.8, 4) is 0 Å². The van der Waals surface area contributed by atoms with Crippen LogP contribution in [0.15, 0.2) is 42.9 Å². The highest BCUT2D eigenvalue weighted by molar-refractivity contribution is 6.03. The summed E-state index contributed by atoms with van der Waals surface area (Å²) in [7, 11) is 1.28. The summed E-state index contributed by atoms with van der Waals surface area (Å²) in [6, 6.07) is 6.28. The van der Waals surface area contributed by atoms with Crippen LogP contribution in [0.3, 0.4) is 0 Å². The fraction of sp³-hybridized carbons (Fsp3) is 0.0769. The number of amides is 1. The fourth-order valence-electron chi connectivity index (χ4n) is 1.40. The van der Waals surface area contributed by atoms with Crippen LogP contribution < -0.4 is 5.32 Å². The van der Waals surface area contributed by atoms with Crippen LogP contribution in [-0.4, -0.2) is 29.0 Å². The van der Waals surface area contributed by atoms with Gasteiger partial charge in [0.25, 0.3) is 5.91 Å². The number of nitrogens with one attached hydrogen (secondary N) is 1. The van der Waals surface area contributed by atoms with Gasteiger partial charge in [0.1, 0.15) is 5.69 Å². The molecule has 2 aromatic rings.